The molecule has 1 amide bonds. The van der Waals surface area contributed by atoms with Gasteiger partial charge in [-0.2, -0.15) is 0 Å². The van der Waals surface area contributed by atoms with Crippen LogP contribution in [0.4, 0.5) is 0 Å². The Morgan fingerprint density at radius 1 is 1.15 bits per heavy atom. The van der Waals surface area contributed by atoms with Gasteiger partial charge in [0.25, 0.3) is 5.91 Å². The normalized spacial score (nSPS) is 16.2. The van der Waals surface area contributed by atoms with Gasteiger partial charge in [0, 0.05) is 18.3 Å². The first-order chi connectivity index (χ1) is 15.8. The van der Waals surface area contributed by atoms with Gasteiger partial charge in [-0.05, 0) is 55.6 Å². The first-order valence-electron chi connectivity index (χ1n) is 10.8. The summed E-state index contributed by atoms with van der Waals surface area (Å²) in [6.45, 7) is 0.620. The van der Waals surface area contributed by atoms with Crippen molar-refractivity contribution < 1.29 is 17.9 Å². The number of pyridine rings is 1. The van der Waals surface area contributed by atoms with Crippen molar-refractivity contribution >= 4 is 27.3 Å². The molecule has 33 heavy (non-hydrogen) atoms. The van der Waals surface area contributed by atoms with Crippen molar-refractivity contribution in [2.75, 3.05) is 6.61 Å². The number of primary amides is 1. The van der Waals surface area contributed by atoms with Crippen molar-refractivity contribution in [2.45, 2.75) is 35.5 Å². The van der Waals surface area contributed by atoms with Crippen molar-refractivity contribution in [1.29, 1.82) is 0 Å². The molecule has 172 valence electrons. The van der Waals surface area contributed by atoms with Gasteiger partial charge in [0.2, 0.25) is 15.7 Å². The fourth-order valence-corrected chi connectivity index (χ4v) is 5.99. The second kappa shape index (κ2) is 8.46. The Kier molecular flexibility index (Phi) is 5.62. The van der Waals surface area contributed by atoms with Gasteiger partial charge in [-0.15, -0.1) is 5.10 Å². The van der Waals surface area contributed by atoms with Gasteiger partial charge in [-0.25, -0.2) is 18.1 Å². The summed E-state index contributed by atoms with van der Waals surface area (Å²) in [5.41, 5.74) is 5.08. The lowest BCUT2D eigenvalue weighted by molar-refractivity contribution is 0.0997. The number of nitrogens with zero attached hydrogens (tertiary/aromatic N) is 3. The second-order valence-corrected chi connectivity index (χ2v) is 10.8. The molecular formula is C23H23ClN4O4S. The summed E-state index contributed by atoms with van der Waals surface area (Å²) in [4.78, 5) is 15.9. The number of nitrogens with two attached hydrogens (primary N) is 1. The smallest absolute Gasteiger partial charge is 0.253 e. The highest BCUT2D eigenvalue weighted by atomic mass is 35.5. The maximum atomic E-state index is 13.3. The molecule has 0 atom stereocenters. The van der Waals surface area contributed by atoms with Gasteiger partial charge >= 0.3 is 0 Å². The van der Waals surface area contributed by atoms with E-state index in [-0.39, 0.29) is 26.3 Å². The Balaban J connectivity index is 1.46. The molecule has 0 unspecified atom stereocenters. The van der Waals surface area contributed by atoms with Crippen LogP contribution >= 0.6 is 11.6 Å². The summed E-state index contributed by atoms with van der Waals surface area (Å²) in [7, 11) is -4.09. The number of ether oxygens (including phenoxy) is 1. The van der Waals surface area contributed by atoms with Crippen LogP contribution in [-0.4, -0.2) is 35.7 Å². The minimum atomic E-state index is -4.09. The minimum Gasteiger partial charge on any atom is -0.476 e. The summed E-state index contributed by atoms with van der Waals surface area (Å²) in [6, 6.07) is 10.7. The number of hydrogen-bond acceptors (Lipinski definition) is 6. The van der Waals surface area contributed by atoms with Crippen LogP contribution in [0.15, 0.2) is 58.5 Å². The molecular weight excluding hydrogens is 464 g/mol. The average Bonchev–Trinajstić information content (AvgIpc) is 3.73. The summed E-state index contributed by atoms with van der Waals surface area (Å²) >= 11 is 6.22. The van der Waals surface area contributed by atoms with E-state index in [1.54, 1.807) is 30.5 Å². The van der Waals surface area contributed by atoms with Crippen molar-refractivity contribution in [3.8, 4) is 11.7 Å². The fraction of sp³-hybridized carbons (Fsp3) is 0.348. The number of amides is 1. The summed E-state index contributed by atoms with van der Waals surface area (Å²) in [6.07, 6.45) is 6.69. The Morgan fingerprint density at radius 2 is 1.82 bits per heavy atom. The maximum absolute atomic E-state index is 13.3. The minimum absolute atomic E-state index is 0.0106. The zero-order valence-electron chi connectivity index (χ0n) is 17.7. The average molecular weight is 487 g/mol. The van der Waals surface area contributed by atoms with E-state index in [4.69, 9.17) is 22.1 Å². The highest BCUT2D eigenvalue weighted by Gasteiger charge is 2.41. The number of halogens is 1. The molecule has 8 nitrogen and oxygen atoms in total. The van der Waals surface area contributed by atoms with Crippen molar-refractivity contribution in [3.05, 3.63) is 59.4 Å². The van der Waals surface area contributed by atoms with Crippen molar-refractivity contribution in [2.24, 2.45) is 23.5 Å². The van der Waals surface area contributed by atoms with E-state index in [0.29, 0.717) is 18.4 Å². The van der Waals surface area contributed by atoms with E-state index in [2.05, 4.69) is 10.1 Å². The van der Waals surface area contributed by atoms with E-state index in [1.165, 1.54) is 48.6 Å². The first-order valence-corrected chi connectivity index (χ1v) is 12.7. The van der Waals surface area contributed by atoms with E-state index >= 15 is 0 Å². The molecule has 5 rings (SSSR count). The molecule has 0 aliphatic heterocycles. The molecule has 2 saturated carbocycles. The Bertz CT molecular complexity index is 1290. The summed E-state index contributed by atoms with van der Waals surface area (Å²) in [5, 5.41) is 4.08. The zero-order valence-corrected chi connectivity index (χ0v) is 19.3. The quantitative estimate of drug-likeness (QED) is 0.461. The largest absolute Gasteiger partial charge is 0.476 e. The molecule has 3 aromatic rings. The molecule has 2 aromatic heterocycles. The molecule has 1 aromatic carbocycles. The van der Waals surface area contributed by atoms with Crippen LogP contribution in [-0.2, 0) is 9.84 Å². The van der Waals surface area contributed by atoms with Crippen molar-refractivity contribution in [1.82, 2.24) is 14.8 Å². The topological polar surface area (TPSA) is 117 Å². The molecule has 2 aliphatic carbocycles. The Morgan fingerprint density at radius 3 is 2.42 bits per heavy atom. The van der Waals surface area contributed by atoms with Crippen LogP contribution in [0.3, 0.4) is 0 Å². The number of aromatic nitrogens is 3. The van der Waals surface area contributed by atoms with Gasteiger partial charge in [-0.3, -0.25) is 4.79 Å². The lowest BCUT2D eigenvalue weighted by atomic mass is 9.99. The monoisotopic (exact) mass is 486 g/mol. The fourth-order valence-electron chi connectivity index (χ4n) is 4.16. The van der Waals surface area contributed by atoms with Gasteiger partial charge in [0.1, 0.15) is 5.15 Å². The van der Waals surface area contributed by atoms with Crippen LogP contribution < -0.4 is 10.5 Å². The molecule has 2 heterocycles. The standard InChI is InChI=1S/C23H23ClN4O4S/c24-22-21(23(25)29)18(33(30,31)16-4-2-1-3-5-16)12-19(26-22)28-11-10-20(27-28)32-13-17(14-6-7-14)15-8-9-15/h1-5,10-12,14-15,17H,6-9,13H2,(H2,25,29). The molecule has 2 fully saturated rings. The van der Waals surface area contributed by atoms with E-state index in [9.17, 15) is 13.2 Å². The van der Waals surface area contributed by atoms with E-state index in [0.717, 1.165) is 11.8 Å². The Labute approximate surface area is 196 Å². The first kappa shape index (κ1) is 21.9. The highest BCUT2D eigenvalue weighted by Crippen LogP contribution is 2.49. The number of sulfone groups is 1. The number of carbonyl (C=O) groups excluding carboxylic acids is 1. The van der Waals surface area contributed by atoms with Gasteiger partial charge in [0.05, 0.1) is 22.0 Å². The third kappa shape index (κ3) is 4.47. The van der Waals surface area contributed by atoms with Crippen LogP contribution in [0.2, 0.25) is 5.15 Å². The third-order valence-corrected chi connectivity index (χ3v) is 8.26. The Hall–Kier alpha value is -2.91. The predicted molar refractivity (Wildman–Crippen MR) is 121 cm³/mol. The highest BCUT2D eigenvalue weighted by molar-refractivity contribution is 7.91. The molecule has 0 bridgehead atoms. The van der Waals surface area contributed by atoms with Crippen LogP contribution in [0.25, 0.3) is 5.82 Å². The molecule has 0 spiro atoms. The maximum Gasteiger partial charge on any atom is 0.253 e. The molecule has 0 saturated heterocycles. The summed E-state index contributed by atoms with van der Waals surface area (Å²) < 4.78 is 33.9. The van der Waals surface area contributed by atoms with Crippen LogP contribution in [0, 0.1) is 17.8 Å². The van der Waals surface area contributed by atoms with E-state index < -0.39 is 15.7 Å². The number of carbonyl (C=O) groups is 1. The molecule has 2 N–H and O–H groups in total. The molecule has 0 radical (unpaired) electrons. The SMILES string of the molecule is NC(=O)c1c(S(=O)(=O)c2ccccc2)cc(-n2ccc(OCC(C3CC3)C3CC3)n2)nc1Cl. The van der Waals surface area contributed by atoms with Crippen molar-refractivity contribution in [3.63, 3.8) is 0 Å². The predicted octanol–water partition coefficient (Wildman–Crippen LogP) is 3.67. The van der Waals surface area contributed by atoms with Crippen LogP contribution in [0.1, 0.15) is 36.0 Å². The number of hydrogen-bond donors (Lipinski definition) is 1. The third-order valence-electron chi connectivity index (χ3n) is 6.19. The summed E-state index contributed by atoms with van der Waals surface area (Å²) in [5.74, 6) is 1.66. The van der Waals surface area contributed by atoms with Crippen LogP contribution in [0.5, 0.6) is 5.88 Å². The lowest BCUT2D eigenvalue weighted by Crippen LogP contribution is -2.19. The molecule has 10 heteroatoms. The zero-order chi connectivity index (χ0) is 23.2. The van der Waals surface area contributed by atoms with E-state index in [1.807, 2.05) is 0 Å². The molecule has 2 aliphatic rings. The lowest BCUT2D eigenvalue weighted by Gasteiger charge is -2.15. The van der Waals surface area contributed by atoms with Gasteiger partial charge in [0.15, 0.2) is 5.82 Å². The number of benzene rings is 1. The second-order valence-electron chi connectivity index (χ2n) is 8.57. The number of rotatable bonds is 9. The van der Waals surface area contributed by atoms with Gasteiger partial charge < -0.3 is 10.5 Å². The van der Waals surface area contributed by atoms with Gasteiger partial charge in [-0.1, -0.05) is 29.8 Å².